The monoisotopic (exact) mass is 246 g/mol. The van der Waals surface area contributed by atoms with Crippen molar-refractivity contribution in [1.29, 1.82) is 0 Å². The van der Waals surface area contributed by atoms with Gasteiger partial charge in [-0.1, -0.05) is 18.2 Å². The minimum atomic E-state index is -3.63. The molecule has 0 spiro atoms. The van der Waals surface area contributed by atoms with E-state index in [1.807, 2.05) is 0 Å². The third kappa shape index (κ3) is 8.97. The number of carbonyl (C=O) groups is 1. The average Bonchev–Trinajstić information content (AvgIpc) is 2.17. The predicted molar refractivity (Wildman–Crippen MR) is 60.9 cm³/mol. The first-order valence-electron chi connectivity index (χ1n) is 4.25. The van der Waals surface area contributed by atoms with Crippen molar-refractivity contribution in [2.45, 2.75) is 6.92 Å². The highest BCUT2D eigenvalue weighted by Crippen LogP contribution is 2.04. The molecule has 0 aliphatic heterocycles. The fourth-order valence-corrected chi connectivity index (χ4v) is 1.14. The number of esters is 1. The molecule has 0 heterocycles. The van der Waals surface area contributed by atoms with Crippen molar-refractivity contribution in [3.63, 3.8) is 0 Å². The molecule has 0 amide bonds. The van der Waals surface area contributed by atoms with Crippen LogP contribution in [0.5, 0.6) is 0 Å². The molecule has 6 nitrogen and oxygen atoms in total. The molecule has 1 rings (SSSR count). The van der Waals surface area contributed by atoms with Gasteiger partial charge in [0.25, 0.3) is 10.2 Å². The van der Waals surface area contributed by atoms with Crippen LogP contribution in [0.25, 0.3) is 0 Å². The lowest BCUT2D eigenvalue weighted by Gasteiger charge is -2.00. The molecule has 0 aliphatic carbocycles. The van der Waals surface area contributed by atoms with Gasteiger partial charge in [0.1, 0.15) is 0 Å². The van der Waals surface area contributed by atoms with Crippen LogP contribution < -0.4 is 9.86 Å². The summed E-state index contributed by atoms with van der Waals surface area (Å²) in [6.45, 7) is 1.36. The van der Waals surface area contributed by atoms with E-state index in [0.717, 1.165) is 0 Å². The van der Waals surface area contributed by atoms with E-state index < -0.39 is 10.2 Å². The Morgan fingerprint density at radius 1 is 1.31 bits per heavy atom. The van der Waals surface area contributed by atoms with E-state index in [2.05, 4.69) is 9.46 Å². The molecule has 1 aromatic carbocycles. The van der Waals surface area contributed by atoms with Crippen molar-refractivity contribution in [2.75, 3.05) is 11.8 Å². The molecule has 0 saturated carbocycles. The maximum atomic E-state index is 10.5. The molecule has 0 atom stereocenters. The van der Waals surface area contributed by atoms with Gasteiger partial charge in [-0.3, -0.25) is 9.52 Å². The number of carbonyl (C=O) groups excluding carboxylic acids is 1. The quantitative estimate of drug-likeness (QED) is 0.741. The number of ether oxygens (including phenoxy) is 1. The number of benzene rings is 1. The minimum Gasteiger partial charge on any atom is -0.469 e. The lowest BCUT2D eigenvalue weighted by molar-refractivity contribution is -0.137. The molecule has 16 heavy (non-hydrogen) atoms. The standard InChI is InChI=1S/C6H8N2O2S.C3H6O2/c7-11(9,10)8-6-4-2-1-3-5-6;1-3(4)5-2/h1-5,8H,(H2,7,9,10);1-2H3. The van der Waals surface area contributed by atoms with Gasteiger partial charge in [-0.15, -0.1) is 0 Å². The molecule has 0 fully saturated rings. The number of anilines is 1. The third-order valence-corrected chi connectivity index (χ3v) is 1.84. The number of hydrogen-bond donors (Lipinski definition) is 2. The van der Waals surface area contributed by atoms with Crippen molar-refractivity contribution in [3.05, 3.63) is 30.3 Å². The van der Waals surface area contributed by atoms with Gasteiger partial charge in [0.15, 0.2) is 0 Å². The molecule has 1 aromatic rings. The van der Waals surface area contributed by atoms with Crippen LogP contribution in [-0.2, 0) is 19.7 Å². The van der Waals surface area contributed by atoms with Crippen molar-refractivity contribution in [2.24, 2.45) is 5.14 Å². The summed E-state index contributed by atoms with van der Waals surface area (Å²) < 4.78 is 27.2. The molecule has 0 bridgehead atoms. The first-order chi connectivity index (χ1) is 7.35. The van der Waals surface area contributed by atoms with Gasteiger partial charge in [0.2, 0.25) is 0 Å². The van der Waals surface area contributed by atoms with Crippen molar-refractivity contribution in [1.82, 2.24) is 0 Å². The molecule has 7 heteroatoms. The molecular formula is C9H14N2O4S. The Kier molecular flexibility index (Phi) is 6.12. The smallest absolute Gasteiger partial charge is 0.302 e. The van der Waals surface area contributed by atoms with Crippen molar-refractivity contribution in [3.8, 4) is 0 Å². The number of para-hydroxylation sites is 1. The molecule has 90 valence electrons. The van der Waals surface area contributed by atoms with Crippen LogP contribution >= 0.6 is 0 Å². The largest absolute Gasteiger partial charge is 0.469 e. The second-order valence-corrected chi connectivity index (χ2v) is 4.00. The molecule has 0 radical (unpaired) electrons. The van der Waals surface area contributed by atoms with E-state index in [9.17, 15) is 13.2 Å². The van der Waals surface area contributed by atoms with E-state index in [1.165, 1.54) is 14.0 Å². The zero-order valence-corrected chi connectivity index (χ0v) is 9.82. The first-order valence-corrected chi connectivity index (χ1v) is 5.80. The summed E-state index contributed by atoms with van der Waals surface area (Å²) in [4.78, 5) is 9.59. The zero-order valence-electron chi connectivity index (χ0n) is 9.01. The lowest BCUT2D eigenvalue weighted by atomic mass is 10.3. The molecule has 0 aliphatic rings. The topological polar surface area (TPSA) is 98.5 Å². The maximum absolute atomic E-state index is 10.5. The number of rotatable bonds is 2. The number of nitrogens with one attached hydrogen (secondary N) is 1. The number of hydrogen-bond acceptors (Lipinski definition) is 4. The van der Waals surface area contributed by atoms with Gasteiger partial charge >= 0.3 is 5.97 Å². The normalized spacial score (nSPS) is 9.69. The highest BCUT2D eigenvalue weighted by Gasteiger charge is 1.98. The van der Waals surface area contributed by atoms with Gasteiger partial charge in [0, 0.05) is 12.6 Å². The van der Waals surface area contributed by atoms with E-state index in [4.69, 9.17) is 5.14 Å². The van der Waals surface area contributed by atoms with Crippen LogP contribution in [0.4, 0.5) is 5.69 Å². The Balaban J connectivity index is 0.000000385. The molecule has 0 aromatic heterocycles. The van der Waals surface area contributed by atoms with E-state index in [-0.39, 0.29) is 5.97 Å². The number of nitrogens with two attached hydrogens (primary N) is 1. The van der Waals surface area contributed by atoms with E-state index in [1.54, 1.807) is 30.3 Å². The fraction of sp³-hybridized carbons (Fsp3) is 0.222. The van der Waals surface area contributed by atoms with Gasteiger partial charge in [-0.05, 0) is 12.1 Å². The summed E-state index contributed by atoms with van der Waals surface area (Å²) in [7, 11) is -2.28. The van der Waals surface area contributed by atoms with Crippen LogP contribution in [0.1, 0.15) is 6.92 Å². The third-order valence-electron chi connectivity index (χ3n) is 1.32. The Labute approximate surface area is 94.6 Å². The van der Waals surface area contributed by atoms with Crippen LogP contribution in [0, 0.1) is 0 Å². The van der Waals surface area contributed by atoms with Crippen LogP contribution in [0.15, 0.2) is 30.3 Å². The van der Waals surface area contributed by atoms with Crippen molar-refractivity contribution >= 4 is 21.9 Å². The maximum Gasteiger partial charge on any atom is 0.302 e. The van der Waals surface area contributed by atoms with Crippen LogP contribution in [0.2, 0.25) is 0 Å². The summed E-state index contributed by atoms with van der Waals surface area (Å²) in [5, 5.41) is 4.73. The minimum absolute atomic E-state index is 0.245. The highest BCUT2D eigenvalue weighted by atomic mass is 32.2. The Morgan fingerprint density at radius 3 is 2.06 bits per heavy atom. The summed E-state index contributed by atoms with van der Waals surface area (Å²) in [5.41, 5.74) is 0.468. The molecule has 3 N–H and O–H groups in total. The lowest BCUT2D eigenvalue weighted by Crippen LogP contribution is -2.21. The number of methoxy groups -OCH3 is 1. The van der Waals surface area contributed by atoms with Crippen LogP contribution in [0.3, 0.4) is 0 Å². The fourth-order valence-electron chi connectivity index (χ4n) is 0.670. The summed E-state index contributed by atoms with van der Waals surface area (Å²) in [6, 6.07) is 8.45. The van der Waals surface area contributed by atoms with E-state index >= 15 is 0 Å². The first kappa shape index (κ1) is 14.4. The zero-order chi connectivity index (χ0) is 12.6. The molecule has 0 saturated heterocycles. The summed E-state index contributed by atoms with van der Waals surface area (Å²) in [5.74, 6) is -0.245. The second kappa shape index (κ2) is 6.81. The van der Waals surface area contributed by atoms with Crippen molar-refractivity contribution < 1.29 is 17.9 Å². The van der Waals surface area contributed by atoms with E-state index in [0.29, 0.717) is 5.69 Å². The molecule has 0 unspecified atom stereocenters. The van der Waals surface area contributed by atoms with Gasteiger partial charge in [0.05, 0.1) is 7.11 Å². The summed E-state index contributed by atoms with van der Waals surface area (Å²) in [6.07, 6.45) is 0. The Bertz CT molecular complexity index is 416. The van der Waals surface area contributed by atoms with Gasteiger partial charge in [-0.2, -0.15) is 8.42 Å². The van der Waals surface area contributed by atoms with Crippen LogP contribution in [-0.4, -0.2) is 21.5 Å². The average molecular weight is 246 g/mol. The predicted octanol–water partition coefficient (Wildman–Crippen LogP) is 0.481. The second-order valence-electron chi connectivity index (χ2n) is 2.71. The highest BCUT2D eigenvalue weighted by molar-refractivity contribution is 7.90. The molecular weight excluding hydrogens is 232 g/mol. The Hall–Kier alpha value is -1.60. The van der Waals surface area contributed by atoms with Gasteiger partial charge < -0.3 is 4.74 Å². The SMILES string of the molecule is COC(C)=O.NS(=O)(=O)Nc1ccccc1. The Morgan fingerprint density at radius 2 is 1.75 bits per heavy atom. The summed E-state index contributed by atoms with van der Waals surface area (Å²) >= 11 is 0. The van der Waals surface area contributed by atoms with Gasteiger partial charge in [-0.25, -0.2) is 5.14 Å².